The number of hydrogen-bond acceptors (Lipinski definition) is 5. The van der Waals surface area contributed by atoms with Crippen LogP contribution in [-0.4, -0.2) is 28.7 Å². The standard InChI is InChI=1S/C16H21NO5S/c1-4-21-14-8-7-12(2)10-16(14)23(18,19)17-11-15(20-3)13-6-5-9-22-13/h5-10,15,17H,4,11H2,1-3H3. The van der Waals surface area contributed by atoms with E-state index in [-0.39, 0.29) is 11.4 Å². The molecule has 1 aromatic heterocycles. The maximum absolute atomic E-state index is 12.6. The quantitative estimate of drug-likeness (QED) is 0.800. The van der Waals surface area contributed by atoms with E-state index in [0.717, 1.165) is 5.56 Å². The zero-order valence-corrected chi connectivity index (χ0v) is 14.2. The van der Waals surface area contributed by atoms with Gasteiger partial charge in [-0.2, -0.15) is 0 Å². The van der Waals surface area contributed by atoms with E-state index in [1.807, 2.05) is 19.9 Å². The smallest absolute Gasteiger partial charge is 0.244 e. The molecule has 7 heteroatoms. The number of hydrogen-bond donors (Lipinski definition) is 1. The third kappa shape index (κ3) is 4.34. The molecule has 1 unspecified atom stereocenters. The predicted octanol–water partition coefficient (Wildman–Crippen LogP) is 2.65. The van der Waals surface area contributed by atoms with Gasteiger partial charge in [0.15, 0.2) is 0 Å². The van der Waals surface area contributed by atoms with Gasteiger partial charge in [0.1, 0.15) is 22.5 Å². The Hall–Kier alpha value is -1.83. The number of ether oxygens (including phenoxy) is 2. The second-order valence-electron chi connectivity index (χ2n) is 4.97. The van der Waals surface area contributed by atoms with Crippen molar-refractivity contribution in [3.05, 3.63) is 47.9 Å². The second-order valence-corrected chi connectivity index (χ2v) is 6.71. The van der Waals surface area contributed by atoms with E-state index < -0.39 is 16.1 Å². The van der Waals surface area contributed by atoms with E-state index in [9.17, 15) is 8.42 Å². The van der Waals surface area contributed by atoms with Crippen molar-refractivity contribution in [2.45, 2.75) is 24.8 Å². The second kappa shape index (κ2) is 7.63. The first-order chi connectivity index (χ1) is 11.0. The topological polar surface area (TPSA) is 77.8 Å². The Morgan fingerprint density at radius 1 is 1.30 bits per heavy atom. The minimum Gasteiger partial charge on any atom is -0.492 e. The summed E-state index contributed by atoms with van der Waals surface area (Å²) in [6.45, 7) is 4.08. The van der Waals surface area contributed by atoms with Crippen molar-refractivity contribution >= 4 is 10.0 Å². The lowest BCUT2D eigenvalue weighted by molar-refractivity contribution is 0.0878. The summed E-state index contributed by atoms with van der Waals surface area (Å²) in [6, 6.07) is 8.52. The average molecular weight is 339 g/mol. The van der Waals surface area contributed by atoms with Gasteiger partial charge in [-0.15, -0.1) is 0 Å². The van der Waals surface area contributed by atoms with E-state index in [1.54, 1.807) is 24.3 Å². The van der Waals surface area contributed by atoms with Gasteiger partial charge in [0.25, 0.3) is 0 Å². The molecule has 1 heterocycles. The third-order valence-corrected chi connectivity index (χ3v) is 4.74. The highest BCUT2D eigenvalue weighted by Crippen LogP contribution is 2.25. The highest BCUT2D eigenvalue weighted by atomic mass is 32.2. The van der Waals surface area contributed by atoms with Gasteiger partial charge in [0.05, 0.1) is 12.9 Å². The number of sulfonamides is 1. The summed E-state index contributed by atoms with van der Waals surface area (Å²) in [7, 11) is -2.23. The van der Waals surface area contributed by atoms with Crippen LogP contribution in [0.2, 0.25) is 0 Å². The summed E-state index contributed by atoms with van der Waals surface area (Å²) in [5.74, 6) is 0.891. The molecule has 0 radical (unpaired) electrons. The van der Waals surface area contributed by atoms with Crippen LogP contribution in [0.25, 0.3) is 0 Å². The molecule has 2 rings (SSSR count). The molecular weight excluding hydrogens is 318 g/mol. The number of benzene rings is 1. The number of furan rings is 1. The molecule has 0 bridgehead atoms. The fourth-order valence-corrected chi connectivity index (χ4v) is 3.40. The molecule has 0 spiro atoms. The van der Waals surface area contributed by atoms with Gasteiger partial charge in [-0.1, -0.05) is 6.07 Å². The summed E-state index contributed by atoms with van der Waals surface area (Å²) in [5.41, 5.74) is 0.836. The number of nitrogens with one attached hydrogen (secondary N) is 1. The summed E-state index contributed by atoms with van der Waals surface area (Å²) in [5, 5.41) is 0. The van der Waals surface area contributed by atoms with Crippen LogP contribution >= 0.6 is 0 Å². The van der Waals surface area contributed by atoms with E-state index in [2.05, 4.69) is 4.72 Å². The van der Waals surface area contributed by atoms with E-state index in [1.165, 1.54) is 13.4 Å². The van der Waals surface area contributed by atoms with Gasteiger partial charge in [0, 0.05) is 13.7 Å². The van der Waals surface area contributed by atoms with E-state index in [0.29, 0.717) is 18.1 Å². The fraction of sp³-hybridized carbons (Fsp3) is 0.375. The molecule has 1 atom stereocenters. The van der Waals surface area contributed by atoms with Crippen molar-refractivity contribution in [1.82, 2.24) is 4.72 Å². The molecule has 0 fully saturated rings. The van der Waals surface area contributed by atoms with E-state index >= 15 is 0 Å². The Morgan fingerprint density at radius 2 is 2.09 bits per heavy atom. The van der Waals surface area contributed by atoms with Crippen LogP contribution in [-0.2, 0) is 14.8 Å². The summed E-state index contributed by atoms with van der Waals surface area (Å²) in [6.07, 6.45) is 1.02. The largest absolute Gasteiger partial charge is 0.492 e. The third-order valence-electron chi connectivity index (χ3n) is 3.29. The monoisotopic (exact) mass is 339 g/mol. The van der Waals surface area contributed by atoms with Gasteiger partial charge in [0.2, 0.25) is 10.0 Å². The van der Waals surface area contributed by atoms with Crippen LogP contribution in [0.3, 0.4) is 0 Å². The Labute approximate surface area is 136 Å². The maximum Gasteiger partial charge on any atom is 0.244 e. The molecule has 0 amide bonds. The van der Waals surface area contributed by atoms with Gasteiger partial charge < -0.3 is 13.9 Å². The predicted molar refractivity (Wildman–Crippen MR) is 86.0 cm³/mol. The van der Waals surface area contributed by atoms with Gasteiger partial charge in [-0.25, -0.2) is 13.1 Å². The fourth-order valence-electron chi connectivity index (χ4n) is 2.14. The summed E-state index contributed by atoms with van der Waals surface area (Å²) >= 11 is 0. The van der Waals surface area contributed by atoms with Crippen LogP contribution in [0.5, 0.6) is 5.75 Å². The summed E-state index contributed by atoms with van der Waals surface area (Å²) < 4.78 is 43.7. The highest BCUT2D eigenvalue weighted by molar-refractivity contribution is 7.89. The number of rotatable bonds is 8. The molecule has 0 aliphatic rings. The molecule has 1 aromatic carbocycles. The minimum absolute atomic E-state index is 0.0614. The zero-order valence-electron chi connectivity index (χ0n) is 13.4. The minimum atomic E-state index is -3.73. The maximum atomic E-state index is 12.6. The van der Waals surface area contributed by atoms with Crippen molar-refractivity contribution in [2.24, 2.45) is 0 Å². The molecular formula is C16H21NO5S. The Morgan fingerprint density at radius 3 is 2.70 bits per heavy atom. The lowest BCUT2D eigenvalue weighted by Crippen LogP contribution is -2.29. The first-order valence-corrected chi connectivity index (χ1v) is 8.75. The summed E-state index contributed by atoms with van der Waals surface area (Å²) in [4.78, 5) is 0.119. The van der Waals surface area contributed by atoms with Crippen molar-refractivity contribution < 1.29 is 22.3 Å². The molecule has 126 valence electrons. The van der Waals surface area contributed by atoms with Crippen molar-refractivity contribution in [2.75, 3.05) is 20.3 Å². The van der Waals surface area contributed by atoms with Crippen LogP contribution < -0.4 is 9.46 Å². The van der Waals surface area contributed by atoms with Crippen molar-refractivity contribution in [3.8, 4) is 5.75 Å². The molecule has 0 saturated carbocycles. The first kappa shape index (κ1) is 17.5. The van der Waals surface area contributed by atoms with Gasteiger partial charge in [-0.05, 0) is 43.7 Å². The molecule has 0 aliphatic heterocycles. The lowest BCUT2D eigenvalue weighted by Gasteiger charge is -2.16. The van der Waals surface area contributed by atoms with Crippen LogP contribution in [0.4, 0.5) is 0 Å². The molecule has 1 N–H and O–H groups in total. The Balaban J connectivity index is 2.20. The first-order valence-electron chi connectivity index (χ1n) is 7.27. The SMILES string of the molecule is CCOc1ccc(C)cc1S(=O)(=O)NCC(OC)c1ccco1. The lowest BCUT2D eigenvalue weighted by atomic mass is 10.2. The number of aryl methyl sites for hydroxylation is 1. The van der Waals surface area contributed by atoms with Crippen LogP contribution in [0, 0.1) is 6.92 Å². The molecule has 2 aromatic rings. The van der Waals surface area contributed by atoms with Crippen molar-refractivity contribution in [1.29, 1.82) is 0 Å². The zero-order chi connectivity index (χ0) is 16.9. The van der Waals surface area contributed by atoms with Crippen molar-refractivity contribution in [3.63, 3.8) is 0 Å². The van der Waals surface area contributed by atoms with E-state index in [4.69, 9.17) is 13.9 Å². The Kier molecular flexibility index (Phi) is 5.81. The average Bonchev–Trinajstić information content (AvgIpc) is 3.04. The van der Waals surface area contributed by atoms with Gasteiger partial charge in [-0.3, -0.25) is 0 Å². The molecule has 23 heavy (non-hydrogen) atoms. The highest BCUT2D eigenvalue weighted by Gasteiger charge is 2.23. The van der Waals surface area contributed by atoms with Gasteiger partial charge >= 0.3 is 0 Å². The Bertz CT molecular complexity index is 725. The van der Waals surface area contributed by atoms with Crippen LogP contribution in [0.1, 0.15) is 24.4 Å². The van der Waals surface area contributed by atoms with Crippen LogP contribution in [0.15, 0.2) is 45.9 Å². The normalized spacial score (nSPS) is 13.0. The molecule has 6 nitrogen and oxygen atoms in total. The number of methoxy groups -OCH3 is 1. The molecule has 0 aliphatic carbocycles. The molecule has 0 saturated heterocycles.